The van der Waals surface area contributed by atoms with Crippen LogP contribution in [0.2, 0.25) is 0 Å². The van der Waals surface area contributed by atoms with Gasteiger partial charge in [0, 0.05) is 13.1 Å². The summed E-state index contributed by atoms with van der Waals surface area (Å²) in [7, 11) is 0. The molecule has 1 N–H and O–H groups in total. The fraction of sp³-hybridized carbons (Fsp3) is 0.923. The molecule has 0 radical (unpaired) electrons. The number of carbonyl (C=O) groups is 1. The maximum atomic E-state index is 11.8. The van der Waals surface area contributed by atoms with Crippen LogP contribution in [0.15, 0.2) is 0 Å². The van der Waals surface area contributed by atoms with Crippen molar-refractivity contribution in [3.05, 3.63) is 0 Å². The third-order valence-corrected chi connectivity index (χ3v) is 4.35. The van der Waals surface area contributed by atoms with Gasteiger partial charge in [-0.15, -0.1) is 0 Å². The van der Waals surface area contributed by atoms with Gasteiger partial charge in [-0.2, -0.15) is 0 Å². The summed E-state index contributed by atoms with van der Waals surface area (Å²) >= 11 is 0. The summed E-state index contributed by atoms with van der Waals surface area (Å²) < 4.78 is 5.33. The molecule has 1 saturated heterocycles. The Kier molecular flexibility index (Phi) is 4.05. The second-order valence-electron chi connectivity index (χ2n) is 5.47. The number of carboxylic acid groups (broad SMARTS) is 1. The molecule has 0 aromatic rings. The van der Waals surface area contributed by atoms with E-state index in [9.17, 15) is 9.90 Å². The monoisotopic (exact) mass is 241 g/mol. The molecule has 0 aromatic heterocycles. The van der Waals surface area contributed by atoms with Gasteiger partial charge in [0.2, 0.25) is 0 Å². The SMILES string of the molecule is CC1CCCC(C(=O)O)(N2CCOCC2)CC1. The molecule has 1 aliphatic carbocycles. The lowest BCUT2D eigenvalue weighted by atomic mass is 9.87. The molecule has 2 rings (SSSR count). The average Bonchev–Trinajstić information content (AvgIpc) is 2.53. The first-order chi connectivity index (χ1) is 8.15. The van der Waals surface area contributed by atoms with Crippen LogP contribution >= 0.6 is 0 Å². The normalized spacial score (nSPS) is 36.4. The molecule has 1 heterocycles. The zero-order chi connectivity index (χ0) is 12.3. The minimum absolute atomic E-state index is 0.617. The van der Waals surface area contributed by atoms with Crippen LogP contribution in [0.25, 0.3) is 0 Å². The molecular weight excluding hydrogens is 218 g/mol. The van der Waals surface area contributed by atoms with Crippen LogP contribution in [0.1, 0.15) is 39.0 Å². The summed E-state index contributed by atoms with van der Waals surface area (Å²) in [4.78, 5) is 13.9. The van der Waals surface area contributed by atoms with Crippen molar-refractivity contribution in [3.63, 3.8) is 0 Å². The number of nitrogens with zero attached hydrogens (tertiary/aromatic N) is 1. The van der Waals surface area contributed by atoms with E-state index in [4.69, 9.17) is 4.74 Å². The third kappa shape index (κ3) is 2.63. The Balaban J connectivity index is 2.15. The maximum Gasteiger partial charge on any atom is 0.324 e. The summed E-state index contributed by atoms with van der Waals surface area (Å²) in [5, 5.41) is 9.67. The van der Waals surface area contributed by atoms with Crippen LogP contribution in [0.3, 0.4) is 0 Å². The number of carboxylic acids is 1. The molecule has 0 amide bonds. The van der Waals surface area contributed by atoms with Gasteiger partial charge in [-0.3, -0.25) is 9.69 Å². The van der Waals surface area contributed by atoms with Gasteiger partial charge < -0.3 is 9.84 Å². The molecule has 4 nitrogen and oxygen atoms in total. The van der Waals surface area contributed by atoms with Crippen LogP contribution in [0, 0.1) is 5.92 Å². The minimum atomic E-state index is -0.631. The lowest BCUT2D eigenvalue weighted by Gasteiger charge is -2.42. The molecule has 2 fully saturated rings. The predicted octanol–water partition coefficient (Wildman–Crippen LogP) is 1.74. The lowest BCUT2D eigenvalue weighted by molar-refractivity contribution is -0.156. The first kappa shape index (κ1) is 12.8. The number of aliphatic carboxylic acids is 1. The third-order valence-electron chi connectivity index (χ3n) is 4.35. The zero-order valence-electron chi connectivity index (χ0n) is 10.7. The van der Waals surface area contributed by atoms with Crippen molar-refractivity contribution in [3.8, 4) is 0 Å². The van der Waals surface area contributed by atoms with Crippen molar-refractivity contribution >= 4 is 5.97 Å². The Bertz CT molecular complexity index is 276. The van der Waals surface area contributed by atoms with Crippen LogP contribution in [0.4, 0.5) is 0 Å². The van der Waals surface area contributed by atoms with E-state index in [1.165, 1.54) is 6.42 Å². The van der Waals surface area contributed by atoms with Crippen molar-refractivity contribution < 1.29 is 14.6 Å². The van der Waals surface area contributed by atoms with E-state index < -0.39 is 11.5 Å². The van der Waals surface area contributed by atoms with Crippen molar-refractivity contribution in [2.75, 3.05) is 26.3 Å². The first-order valence-corrected chi connectivity index (χ1v) is 6.71. The highest BCUT2D eigenvalue weighted by Crippen LogP contribution is 2.35. The highest BCUT2D eigenvalue weighted by Gasteiger charge is 2.45. The fourth-order valence-electron chi connectivity index (χ4n) is 3.15. The van der Waals surface area contributed by atoms with Crippen LogP contribution < -0.4 is 0 Å². The Hall–Kier alpha value is -0.610. The number of hydrogen-bond donors (Lipinski definition) is 1. The minimum Gasteiger partial charge on any atom is -0.480 e. The standard InChI is InChI=1S/C13H23NO3/c1-11-3-2-5-13(6-4-11,12(15)16)14-7-9-17-10-8-14/h11H,2-10H2,1H3,(H,15,16). The van der Waals surface area contributed by atoms with E-state index in [0.29, 0.717) is 19.1 Å². The van der Waals surface area contributed by atoms with Gasteiger partial charge in [-0.1, -0.05) is 19.8 Å². The van der Waals surface area contributed by atoms with Gasteiger partial charge in [0.25, 0.3) is 0 Å². The summed E-state index contributed by atoms with van der Waals surface area (Å²) in [6, 6.07) is 0. The van der Waals surface area contributed by atoms with Crippen molar-refractivity contribution in [1.82, 2.24) is 4.90 Å². The van der Waals surface area contributed by atoms with E-state index in [0.717, 1.165) is 38.8 Å². The second-order valence-corrected chi connectivity index (χ2v) is 5.47. The van der Waals surface area contributed by atoms with E-state index in [-0.39, 0.29) is 0 Å². The molecule has 4 heteroatoms. The number of ether oxygens (including phenoxy) is 1. The highest BCUT2D eigenvalue weighted by molar-refractivity contribution is 5.78. The largest absolute Gasteiger partial charge is 0.480 e. The molecule has 0 spiro atoms. The molecule has 17 heavy (non-hydrogen) atoms. The van der Waals surface area contributed by atoms with E-state index in [1.54, 1.807) is 0 Å². The molecule has 2 unspecified atom stereocenters. The van der Waals surface area contributed by atoms with Crippen LogP contribution in [-0.2, 0) is 9.53 Å². The van der Waals surface area contributed by atoms with Gasteiger partial charge in [-0.25, -0.2) is 0 Å². The molecule has 0 bridgehead atoms. The second kappa shape index (κ2) is 5.36. The van der Waals surface area contributed by atoms with Gasteiger partial charge in [-0.05, 0) is 25.2 Å². The van der Waals surface area contributed by atoms with Crippen molar-refractivity contribution in [2.45, 2.75) is 44.6 Å². The number of rotatable bonds is 2. The van der Waals surface area contributed by atoms with Crippen LogP contribution in [0.5, 0.6) is 0 Å². The molecule has 2 atom stereocenters. The highest BCUT2D eigenvalue weighted by atomic mass is 16.5. The van der Waals surface area contributed by atoms with E-state index >= 15 is 0 Å². The quantitative estimate of drug-likeness (QED) is 0.748. The van der Waals surface area contributed by atoms with E-state index in [2.05, 4.69) is 11.8 Å². The molecular formula is C13H23NO3. The summed E-state index contributed by atoms with van der Waals surface area (Å²) in [5.41, 5.74) is -0.617. The van der Waals surface area contributed by atoms with Gasteiger partial charge in [0.1, 0.15) is 5.54 Å². The molecule has 0 aromatic carbocycles. The molecule has 2 aliphatic rings. The van der Waals surface area contributed by atoms with Gasteiger partial charge in [0.05, 0.1) is 13.2 Å². The first-order valence-electron chi connectivity index (χ1n) is 6.71. The van der Waals surface area contributed by atoms with Gasteiger partial charge >= 0.3 is 5.97 Å². The zero-order valence-corrected chi connectivity index (χ0v) is 10.7. The topological polar surface area (TPSA) is 49.8 Å². The maximum absolute atomic E-state index is 11.8. The average molecular weight is 241 g/mol. The summed E-state index contributed by atoms with van der Waals surface area (Å²) in [6.45, 7) is 5.10. The molecule has 1 aliphatic heterocycles. The predicted molar refractivity (Wildman–Crippen MR) is 65.0 cm³/mol. The van der Waals surface area contributed by atoms with Crippen LogP contribution in [-0.4, -0.2) is 47.8 Å². The fourth-order valence-corrected chi connectivity index (χ4v) is 3.15. The molecule has 1 saturated carbocycles. The molecule has 98 valence electrons. The van der Waals surface area contributed by atoms with Crippen molar-refractivity contribution in [2.24, 2.45) is 5.92 Å². The Morgan fingerprint density at radius 1 is 1.29 bits per heavy atom. The Morgan fingerprint density at radius 2 is 2.00 bits per heavy atom. The summed E-state index contributed by atoms with van der Waals surface area (Å²) in [5.74, 6) is 0.0331. The lowest BCUT2D eigenvalue weighted by Crippen LogP contribution is -2.58. The van der Waals surface area contributed by atoms with Gasteiger partial charge in [0.15, 0.2) is 0 Å². The number of morpholine rings is 1. The van der Waals surface area contributed by atoms with E-state index in [1.807, 2.05) is 0 Å². The Morgan fingerprint density at radius 3 is 2.65 bits per heavy atom. The summed E-state index contributed by atoms with van der Waals surface area (Å²) in [6.07, 6.45) is 4.82. The van der Waals surface area contributed by atoms with Crippen molar-refractivity contribution in [1.29, 1.82) is 0 Å². The number of hydrogen-bond acceptors (Lipinski definition) is 3. The Labute approximate surface area is 103 Å². The smallest absolute Gasteiger partial charge is 0.324 e.